The van der Waals surface area contributed by atoms with Gasteiger partial charge < -0.3 is 15.4 Å². The van der Waals surface area contributed by atoms with Crippen LogP contribution in [0, 0.1) is 12.3 Å². The first-order valence-electron chi connectivity index (χ1n) is 5.63. The molecule has 5 nitrogen and oxygen atoms in total. The van der Waals surface area contributed by atoms with Crippen LogP contribution < -0.4 is 10.6 Å². The van der Waals surface area contributed by atoms with Crippen LogP contribution in [0.3, 0.4) is 0 Å². The SMILES string of the molecule is C#CCOC(=O)NCCCCC(NC)C(C)=O. The van der Waals surface area contributed by atoms with Crippen molar-refractivity contribution in [3.05, 3.63) is 0 Å². The van der Waals surface area contributed by atoms with Crippen LogP contribution in [0.25, 0.3) is 0 Å². The summed E-state index contributed by atoms with van der Waals surface area (Å²) in [6.45, 7) is 2.08. The minimum Gasteiger partial charge on any atom is -0.436 e. The second-order valence-corrected chi connectivity index (χ2v) is 3.65. The second-order valence-electron chi connectivity index (χ2n) is 3.65. The molecule has 0 aliphatic rings. The van der Waals surface area contributed by atoms with Crippen molar-refractivity contribution in [2.45, 2.75) is 32.2 Å². The summed E-state index contributed by atoms with van der Waals surface area (Å²) in [4.78, 5) is 22.1. The fraction of sp³-hybridized carbons (Fsp3) is 0.667. The van der Waals surface area contributed by atoms with Crippen molar-refractivity contribution in [1.82, 2.24) is 10.6 Å². The minimum atomic E-state index is -0.500. The lowest BCUT2D eigenvalue weighted by Gasteiger charge is -2.12. The van der Waals surface area contributed by atoms with Crippen molar-refractivity contribution in [3.63, 3.8) is 0 Å². The third-order valence-electron chi connectivity index (χ3n) is 2.31. The first-order chi connectivity index (χ1) is 8.11. The highest BCUT2D eigenvalue weighted by molar-refractivity contribution is 5.81. The normalized spacial score (nSPS) is 11.4. The van der Waals surface area contributed by atoms with Gasteiger partial charge in [-0.3, -0.25) is 4.79 Å². The first-order valence-corrected chi connectivity index (χ1v) is 5.63. The number of carbonyl (C=O) groups is 2. The summed E-state index contributed by atoms with van der Waals surface area (Å²) in [5.41, 5.74) is 0. The molecule has 0 saturated carbocycles. The van der Waals surface area contributed by atoms with E-state index in [2.05, 4.69) is 21.3 Å². The summed E-state index contributed by atoms with van der Waals surface area (Å²) in [6, 6.07) is -0.0941. The number of nitrogens with one attached hydrogen (secondary N) is 2. The van der Waals surface area contributed by atoms with E-state index < -0.39 is 6.09 Å². The van der Waals surface area contributed by atoms with Gasteiger partial charge in [-0.05, 0) is 33.2 Å². The Bertz CT molecular complexity index is 284. The molecule has 17 heavy (non-hydrogen) atoms. The lowest BCUT2D eigenvalue weighted by Crippen LogP contribution is -2.32. The van der Waals surface area contributed by atoms with Gasteiger partial charge in [-0.2, -0.15) is 0 Å². The summed E-state index contributed by atoms with van der Waals surface area (Å²) in [5.74, 6) is 2.34. The Morgan fingerprint density at radius 2 is 2.12 bits per heavy atom. The number of hydrogen-bond acceptors (Lipinski definition) is 4. The molecule has 2 N–H and O–H groups in total. The van der Waals surface area contributed by atoms with Gasteiger partial charge in [0.25, 0.3) is 0 Å². The lowest BCUT2D eigenvalue weighted by atomic mass is 10.1. The van der Waals surface area contributed by atoms with Gasteiger partial charge in [-0.15, -0.1) is 6.42 Å². The molecule has 0 saturated heterocycles. The fourth-order valence-corrected chi connectivity index (χ4v) is 1.37. The van der Waals surface area contributed by atoms with Crippen molar-refractivity contribution in [3.8, 4) is 12.3 Å². The van der Waals surface area contributed by atoms with Crippen molar-refractivity contribution >= 4 is 11.9 Å². The highest BCUT2D eigenvalue weighted by atomic mass is 16.5. The summed E-state index contributed by atoms with van der Waals surface area (Å²) < 4.78 is 4.63. The van der Waals surface area contributed by atoms with E-state index in [1.165, 1.54) is 0 Å². The predicted molar refractivity (Wildman–Crippen MR) is 65.6 cm³/mol. The highest BCUT2D eigenvalue weighted by Gasteiger charge is 2.10. The van der Waals surface area contributed by atoms with E-state index in [0.717, 1.165) is 19.3 Å². The summed E-state index contributed by atoms with van der Waals surface area (Å²) in [7, 11) is 1.77. The number of Topliss-reactive ketones (excluding diaryl/α,β-unsaturated/α-hetero) is 1. The van der Waals surface area contributed by atoms with Crippen LogP contribution in [-0.2, 0) is 9.53 Å². The number of terminal acetylenes is 1. The smallest absolute Gasteiger partial charge is 0.408 e. The van der Waals surface area contributed by atoms with Crippen LogP contribution >= 0.6 is 0 Å². The average Bonchev–Trinajstić information content (AvgIpc) is 2.30. The molecule has 1 atom stereocenters. The number of amides is 1. The zero-order valence-electron chi connectivity index (χ0n) is 10.4. The summed E-state index contributed by atoms with van der Waals surface area (Å²) in [5, 5.41) is 5.52. The van der Waals surface area contributed by atoms with Crippen LogP contribution in [0.5, 0.6) is 0 Å². The second kappa shape index (κ2) is 9.67. The summed E-state index contributed by atoms with van der Waals surface area (Å²) >= 11 is 0. The lowest BCUT2D eigenvalue weighted by molar-refractivity contribution is -0.119. The van der Waals surface area contributed by atoms with Crippen molar-refractivity contribution in [2.75, 3.05) is 20.2 Å². The molecule has 0 radical (unpaired) electrons. The van der Waals surface area contributed by atoms with Gasteiger partial charge in [-0.1, -0.05) is 5.92 Å². The zero-order chi connectivity index (χ0) is 13.1. The molecule has 0 aliphatic carbocycles. The van der Waals surface area contributed by atoms with E-state index >= 15 is 0 Å². The maximum atomic E-state index is 11.1. The molecule has 0 fully saturated rings. The van der Waals surface area contributed by atoms with E-state index in [1.54, 1.807) is 14.0 Å². The Balaban J connectivity index is 3.49. The largest absolute Gasteiger partial charge is 0.436 e. The topological polar surface area (TPSA) is 67.4 Å². The average molecular weight is 240 g/mol. The Hall–Kier alpha value is -1.54. The number of ketones is 1. The molecular weight excluding hydrogens is 220 g/mol. The third kappa shape index (κ3) is 8.29. The van der Waals surface area contributed by atoms with Gasteiger partial charge in [0.2, 0.25) is 0 Å². The van der Waals surface area contributed by atoms with Gasteiger partial charge in [-0.25, -0.2) is 4.79 Å². The number of rotatable bonds is 8. The third-order valence-corrected chi connectivity index (χ3v) is 2.31. The number of unbranched alkanes of at least 4 members (excludes halogenated alkanes) is 1. The van der Waals surface area contributed by atoms with Gasteiger partial charge >= 0.3 is 6.09 Å². The van der Waals surface area contributed by atoms with E-state index in [9.17, 15) is 9.59 Å². The molecule has 0 aromatic rings. The summed E-state index contributed by atoms with van der Waals surface area (Å²) in [6.07, 6.45) is 6.87. The highest BCUT2D eigenvalue weighted by Crippen LogP contribution is 2.01. The molecule has 0 heterocycles. The number of ether oxygens (including phenoxy) is 1. The van der Waals surface area contributed by atoms with Gasteiger partial charge in [0.05, 0.1) is 6.04 Å². The predicted octanol–water partition coefficient (Wildman–Crippen LogP) is 0.693. The van der Waals surface area contributed by atoms with Gasteiger partial charge in [0, 0.05) is 6.54 Å². The molecule has 0 spiro atoms. The molecule has 96 valence electrons. The Labute approximate surface area is 102 Å². The van der Waals surface area contributed by atoms with Crippen LogP contribution in [-0.4, -0.2) is 38.1 Å². The molecule has 0 aliphatic heterocycles. The van der Waals surface area contributed by atoms with Crippen molar-refractivity contribution in [2.24, 2.45) is 0 Å². The standard InChI is InChI=1S/C12H20N2O3/c1-4-9-17-12(16)14-8-6-5-7-11(13-3)10(2)15/h1,11,13H,5-9H2,2-3H3,(H,14,16). The molecule has 0 bridgehead atoms. The molecule has 1 amide bonds. The van der Waals surface area contributed by atoms with E-state index in [1.807, 2.05) is 0 Å². The maximum Gasteiger partial charge on any atom is 0.408 e. The van der Waals surface area contributed by atoms with Gasteiger partial charge in [0.15, 0.2) is 6.61 Å². The number of carbonyl (C=O) groups excluding carboxylic acids is 2. The molecule has 5 heteroatoms. The molecule has 1 unspecified atom stereocenters. The monoisotopic (exact) mass is 240 g/mol. The van der Waals surface area contributed by atoms with Crippen LogP contribution in [0.15, 0.2) is 0 Å². The number of alkyl carbamates (subject to hydrolysis) is 1. The fourth-order valence-electron chi connectivity index (χ4n) is 1.37. The van der Waals surface area contributed by atoms with Crippen molar-refractivity contribution in [1.29, 1.82) is 0 Å². The zero-order valence-corrected chi connectivity index (χ0v) is 10.4. The quantitative estimate of drug-likeness (QED) is 0.484. The molecule has 0 rings (SSSR count). The van der Waals surface area contributed by atoms with E-state index in [-0.39, 0.29) is 18.4 Å². The Kier molecular flexibility index (Phi) is 8.79. The molecule has 0 aromatic heterocycles. The van der Waals surface area contributed by atoms with Gasteiger partial charge in [0.1, 0.15) is 5.78 Å². The first kappa shape index (κ1) is 15.5. The Morgan fingerprint density at radius 3 is 2.65 bits per heavy atom. The minimum absolute atomic E-state index is 0.0159. The Morgan fingerprint density at radius 1 is 1.41 bits per heavy atom. The maximum absolute atomic E-state index is 11.1. The van der Waals surface area contributed by atoms with Crippen molar-refractivity contribution < 1.29 is 14.3 Å². The van der Waals surface area contributed by atoms with Crippen LogP contribution in [0.1, 0.15) is 26.2 Å². The number of likely N-dealkylation sites (N-methyl/N-ethyl adjacent to an activating group) is 1. The van der Waals surface area contributed by atoms with Crippen LogP contribution in [0.4, 0.5) is 4.79 Å². The molecule has 0 aromatic carbocycles. The van der Waals surface area contributed by atoms with E-state index in [0.29, 0.717) is 6.54 Å². The number of hydrogen-bond donors (Lipinski definition) is 2. The van der Waals surface area contributed by atoms with Crippen LogP contribution in [0.2, 0.25) is 0 Å². The van der Waals surface area contributed by atoms with E-state index in [4.69, 9.17) is 6.42 Å². The molecular formula is C12H20N2O3.